The minimum Gasteiger partial charge on any atom is -0.428 e. The molecular formula is C7H17N2O+. The summed E-state index contributed by atoms with van der Waals surface area (Å²) in [6.07, 6.45) is 0.0532. The Kier molecular flexibility index (Phi) is 2.69. The monoisotopic (exact) mass is 145 g/mol. The lowest BCUT2D eigenvalue weighted by Gasteiger charge is -2.25. The van der Waals surface area contributed by atoms with Gasteiger partial charge in [-0.1, -0.05) is 20.8 Å². The van der Waals surface area contributed by atoms with Crippen LogP contribution in [0.2, 0.25) is 0 Å². The van der Waals surface area contributed by atoms with Crippen molar-refractivity contribution in [2.75, 3.05) is 0 Å². The smallest absolute Gasteiger partial charge is 0.428 e. The van der Waals surface area contributed by atoms with Gasteiger partial charge in [-0.25, -0.2) is 0 Å². The molecule has 0 heterocycles. The minimum absolute atomic E-state index is 0.0439. The van der Waals surface area contributed by atoms with Crippen molar-refractivity contribution in [2.24, 2.45) is 11.1 Å². The van der Waals surface area contributed by atoms with Crippen LogP contribution in [-0.4, -0.2) is 12.1 Å². The first-order chi connectivity index (χ1) is 4.34. The lowest BCUT2D eigenvalue weighted by Crippen LogP contribution is -2.50. The highest BCUT2D eigenvalue weighted by molar-refractivity contribution is 5.64. The van der Waals surface area contributed by atoms with Gasteiger partial charge in [-0.05, 0) is 12.3 Å². The Morgan fingerprint density at radius 3 is 2.00 bits per heavy atom. The van der Waals surface area contributed by atoms with Crippen molar-refractivity contribution in [2.45, 2.75) is 33.8 Å². The second-order valence-electron chi connectivity index (χ2n) is 3.53. The van der Waals surface area contributed by atoms with Gasteiger partial charge in [-0.3, -0.25) is 11.1 Å². The van der Waals surface area contributed by atoms with Crippen molar-refractivity contribution in [1.29, 1.82) is 0 Å². The van der Waals surface area contributed by atoms with E-state index in [-0.39, 0.29) is 17.5 Å². The summed E-state index contributed by atoms with van der Waals surface area (Å²) in [5.41, 5.74) is 5.25. The van der Waals surface area contributed by atoms with Gasteiger partial charge in [0.1, 0.15) is 6.10 Å². The van der Waals surface area contributed by atoms with Gasteiger partial charge in [0, 0.05) is 0 Å². The van der Waals surface area contributed by atoms with E-state index in [1.807, 2.05) is 6.92 Å². The van der Waals surface area contributed by atoms with Gasteiger partial charge in [0.15, 0.2) is 0 Å². The van der Waals surface area contributed by atoms with E-state index in [0.29, 0.717) is 0 Å². The Morgan fingerprint density at radius 2 is 1.90 bits per heavy atom. The van der Waals surface area contributed by atoms with Crippen LogP contribution in [0.5, 0.6) is 0 Å². The molecule has 0 saturated carbocycles. The van der Waals surface area contributed by atoms with Gasteiger partial charge in [0.05, 0.1) is 0 Å². The molecule has 0 aromatic rings. The molecule has 0 amide bonds. The predicted octanol–water partition coefficient (Wildman–Crippen LogP) is -0.489. The van der Waals surface area contributed by atoms with E-state index in [4.69, 9.17) is 15.9 Å². The van der Waals surface area contributed by atoms with Crippen molar-refractivity contribution < 1.29 is 10.1 Å². The molecule has 0 spiro atoms. The van der Waals surface area contributed by atoms with Crippen molar-refractivity contribution in [3.05, 3.63) is 0 Å². The summed E-state index contributed by atoms with van der Waals surface area (Å²) >= 11 is 0. The molecule has 0 aromatic carbocycles. The summed E-state index contributed by atoms with van der Waals surface area (Å²) in [4.78, 5) is 0. The van der Waals surface area contributed by atoms with Crippen LogP contribution in [0.3, 0.4) is 0 Å². The average molecular weight is 145 g/mol. The predicted molar refractivity (Wildman–Crippen MR) is 41.1 cm³/mol. The standard InChI is InChI=1S/C7H16N2O/c1-5(7(2,3)4)10-6(8)9/h5H,1-4H3,(H3,8,9)/p+1. The third-order valence-electron chi connectivity index (χ3n) is 1.53. The van der Waals surface area contributed by atoms with Gasteiger partial charge in [-0.15, -0.1) is 0 Å². The Labute approximate surface area is 62.1 Å². The summed E-state index contributed by atoms with van der Waals surface area (Å²) < 4.78 is 5.09. The van der Waals surface area contributed by atoms with Crippen LogP contribution in [0.25, 0.3) is 0 Å². The van der Waals surface area contributed by atoms with Crippen LogP contribution in [0.15, 0.2) is 0 Å². The molecule has 3 nitrogen and oxygen atoms in total. The number of hydrogen-bond acceptors (Lipinski definition) is 1. The van der Waals surface area contributed by atoms with E-state index in [1.165, 1.54) is 0 Å². The lowest BCUT2D eigenvalue weighted by molar-refractivity contribution is -0.151. The van der Waals surface area contributed by atoms with Gasteiger partial charge in [0.2, 0.25) is 0 Å². The molecule has 0 rings (SSSR count). The second kappa shape index (κ2) is 2.90. The highest BCUT2D eigenvalue weighted by atomic mass is 16.5. The van der Waals surface area contributed by atoms with E-state index < -0.39 is 0 Å². The number of nitrogens with two attached hydrogens (primary N) is 2. The maximum atomic E-state index is 5.16. The average Bonchev–Trinajstić information content (AvgIpc) is 1.60. The third-order valence-corrected chi connectivity index (χ3v) is 1.53. The summed E-state index contributed by atoms with van der Waals surface area (Å²) in [6, 6.07) is 0.0439. The van der Waals surface area contributed by atoms with E-state index in [0.717, 1.165) is 0 Å². The third kappa shape index (κ3) is 3.33. The molecule has 0 radical (unpaired) electrons. The molecule has 0 aromatic heterocycles. The highest BCUT2D eigenvalue weighted by Crippen LogP contribution is 2.20. The number of rotatable bonds is 1. The van der Waals surface area contributed by atoms with E-state index in [2.05, 4.69) is 20.8 Å². The van der Waals surface area contributed by atoms with Crippen LogP contribution in [-0.2, 0) is 4.74 Å². The topological polar surface area (TPSA) is 60.8 Å². The fourth-order valence-corrected chi connectivity index (χ4v) is 0.381. The van der Waals surface area contributed by atoms with Crippen LogP contribution < -0.4 is 11.1 Å². The zero-order chi connectivity index (χ0) is 8.36. The molecule has 4 N–H and O–H groups in total. The molecule has 10 heavy (non-hydrogen) atoms. The normalized spacial score (nSPS) is 14.4. The largest absolute Gasteiger partial charge is 0.437 e. The Bertz CT molecular complexity index is 126. The highest BCUT2D eigenvalue weighted by Gasteiger charge is 2.22. The fourth-order valence-electron chi connectivity index (χ4n) is 0.381. The molecule has 0 saturated heterocycles. The first-order valence-corrected chi connectivity index (χ1v) is 3.38. The summed E-state index contributed by atoms with van der Waals surface area (Å²) in [6.45, 7) is 8.15. The van der Waals surface area contributed by atoms with E-state index >= 15 is 0 Å². The molecule has 60 valence electrons. The molecular weight excluding hydrogens is 128 g/mol. The van der Waals surface area contributed by atoms with Crippen LogP contribution in [0.1, 0.15) is 27.7 Å². The zero-order valence-corrected chi connectivity index (χ0v) is 7.14. The van der Waals surface area contributed by atoms with Crippen molar-refractivity contribution >= 4 is 6.02 Å². The molecule has 0 aliphatic carbocycles. The van der Waals surface area contributed by atoms with Gasteiger partial charge in [0.25, 0.3) is 0 Å². The quantitative estimate of drug-likeness (QED) is 0.386. The van der Waals surface area contributed by atoms with Gasteiger partial charge >= 0.3 is 6.02 Å². The second-order valence-corrected chi connectivity index (χ2v) is 3.53. The first-order valence-electron chi connectivity index (χ1n) is 3.38. The first kappa shape index (κ1) is 9.27. The number of hydrogen-bond donors (Lipinski definition) is 2. The summed E-state index contributed by atoms with van der Waals surface area (Å²) in [5, 5.41) is 5.16. The number of ether oxygens (including phenoxy) is 1. The molecule has 1 atom stereocenters. The van der Waals surface area contributed by atoms with Crippen LogP contribution >= 0.6 is 0 Å². The van der Waals surface area contributed by atoms with Gasteiger partial charge < -0.3 is 4.74 Å². The van der Waals surface area contributed by atoms with E-state index in [9.17, 15) is 0 Å². The lowest BCUT2D eigenvalue weighted by atomic mass is 9.90. The summed E-state index contributed by atoms with van der Waals surface area (Å²) in [7, 11) is 0. The molecule has 1 unspecified atom stereocenters. The van der Waals surface area contributed by atoms with Crippen LogP contribution in [0, 0.1) is 5.41 Å². The zero-order valence-electron chi connectivity index (χ0n) is 7.14. The summed E-state index contributed by atoms with van der Waals surface area (Å²) in [5.74, 6) is 0. The molecule has 3 heteroatoms. The van der Waals surface area contributed by atoms with Crippen molar-refractivity contribution in [1.82, 2.24) is 0 Å². The SMILES string of the molecule is CC(OC(N)=[NH2+])C(C)(C)C. The van der Waals surface area contributed by atoms with Gasteiger partial charge in [-0.2, -0.15) is 0 Å². The Balaban J connectivity index is 3.85. The Hall–Kier alpha value is -0.730. The molecule has 0 fully saturated rings. The minimum atomic E-state index is 0.0439. The van der Waals surface area contributed by atoms with Crippen molar-refractivity contribution in [3.8, 4) is 0 Å². The number of amidine groups is 1. The van der Waals surface area contributed by atoms with E-state index in [1.54, 1.807) is 0 Å². The molecule has 0 aliphatic rings. The maximum absolute atomic E-state index is 5.16. The van der Waals surface area contributed by atoms with Crippen molar-refractivity contribution in [3.63, 3.8) is 0 Å². The maximum Gasteiger partial charge on any atom is 0.437 e. The Morgan fingerprint density at radius 1 is 1.50 bits per heavy atom. The molecule has 0 aliphatic heterocycles. The fraction of sp³-hybridized carbons (Fsp3) is 0.857. The van der Waals surface area contributed by atoms with Crippen LogP contribution in [0.4, 0.5) is 0 Å². The molecule has 0 bridgehead atoms.